The van der Waals surface area contributed by atoms with Gasteiger partial charge in [0.25, 0.3) is 0 Å². The Morgan fingerprint density at radius 3 is 2.31 bits per heavy atom. The summed E-state index contributed by atoms with van der Waals surface area (Å²) in [6, 6.07) is 6.35. The van der Waals surface area contributed by atoms with Crippen molar-refractivity contribution in [3.63, 3.8) is 0 Å². The summed E-state index contributed by atoms with van der Waals surface area (Å²) in [6.07, 6.45) is 2.25. The van der Waals surface area contributed by atoms with E-state index in [1.54, 1.807) is 6.07 Å². The van der Waals surface area contributed by atoms with Crippen molar-refractivity contribution in [1.82, 2.24) is 4.72 Å². The molecule has 2 aromatic rings. The van der Waals surface area contributed by atoms with Gasteiger partial charge < -0.3 is 10.2 Å². The van der Waals surface area contributed by atoms with Crippen molar-refractivity contribution in [2.45, 2.75) is 42.5 Å². The highest BCUT2D eigenvalue weighted by Gasteiger charge is 2.29. The number of phenolic OH excluding ortho intramolecular Hbond substituents is 2. The van der Waals surface area contributed by atoms with E-state index in [1.165, 1.54) is 12.1 Å². The van der Waals surface area contributed by atoms with E-state index in [4.69, 9.17) is 0 Å². The van der Waals surface area contributed by atoms with Crippen LogP contribution in [-0.4, -0.2) is 24.7 Å². The van der Waals surface area contributed by atoms with Crippen LogP contribution in [-0.2, 0) is 10.0 Å². The molecule has 0 amide bonds. The summed E-state index contributed by atoms with van der Waals surface area (Å²) in [5.41, 5.74) is 0.709. The first kappa shape index (κ1) is 18.6. The van der Waals surface area contributed by atoms with Gasteiger partial charge in [0.05, 0.1) is 0 Å². The Hall–Kier alpha value is -2.19. The predicted molar refractivity (Wildman–Crippen MR) is 91.4 cm³/mol. The minimum atomic E-state index is -4.16. The van der Waals surface area contributed by atoms with Crippen molar-refractivity contribution in [3.8, 4) is 11.5 Å². The minimum Gasteiger partial charge on any atom is -0.508 e. The minimum absolute atomic E-state index is 0.0101. The maximum atomic E-state index is 13.7. The second-order valence-electron chi connectivity index (χ2n) is 6.49. The molecule has 1 fully saturated rings. The number of rotatable bonds is 4. The molecule has 2 aromatic carbocycles. The van der Waals surface area contributed by atoms with Crippen LogP contribution in [0.3, 0.4) is 0 Å². The maximum absolute atomic E-state index is 13.7. The molecule has 26 heavy (non-hydrogen) atoms. The lowest BCUT2D eigenvalue weighted by Gasteiger charge is -2.29. The molecule has 1 aliphatic rings. The van der Waals surface area contributed by atoms with Gasteiger partial charge in [-0.05, 0) is 61.4 Å². The van der Waals surface area contributed by atoms with Crippen LogP contribution in [0.2, 0.25) is 0 Å². The molecule has 140 valence electrons. The van der Waals surface area contributed by atoms with Gasteiger partial charge >= 0.3 is 0 Å². The number of benzene rings is 2. The van der Waals surface area contributed by atoms with E-state index in [1.807, 2.05) is 0 Å². The Bertz CT molecular complexity index is 909. The highest BCUT2D eigenvalue weighted by molar-refractivity contribution is 7.89. The summed E-state index contributed by atoms with van der Waals surface area (Å²) in [4.78, 5) is -0.698. The molecule has 0 unspecified atom stereocenters. The van der Waals surface area contributed by atoms with Crippen molar-refractivity contribution in [3.05, 3.63) is 53.6 Å². The Labute approximate surface area is 150 Å². The fourth-order valence-corrected chi connectivity index (χ4v) is 4.76. The molecule has 0 aliphatic heterocycles. The summed E-state index contributed by atoms with van der Waals surface area (Å²) in [5.74, 6) is -1.79. The predicted octanol–water partition coefficient (Wildman–Crippen LogP) is 3.38. The van der Waals surface area contributed by atoms with E-state index in [0.717, 1.165) is 12.1 Å². The summed E-state index contributed by atoms with van der Waals surface area (Å²) >= 11 is 0. The first-order chi connectivity index (χ1) is 12.3. The number of nitrogens with one attached hydrogen (secondary N) is 1. The van der Waals surface area contributed by atoms with Crippen LogP contribution < -0.4 is 4.72 Å². The molecule has 0 aromatic heterocycles. The third kappa shape index (κ3) is 3.96. The maximum Gasteiger partial charge on any atom is 0.243 e. The third-order valence-electron chi connectivity index (χ3n) is 4.69. The van der Waals surface area contributed by atoms with Gasteiger partial charge in [0.15, 0.2) is 0 Å². The van der Waals surface area contributed by atoms with Gasteiger partial charge in [-0.1, -0.05) is 6.07 Å². The summed E-state index contributed by atoms with van der Waals surface area (Å²) < 4.78 is 54.1. The number of phenols is 2. The zero-order valence-corrected chi connectivity index (χ0v) is 14.6. The van der Waals surface area contributed by atoms with Crippen LogP contribution in [0.25, 0.3) is 0 Å². The highest BCUT2D eigenvalue weighted by atomic mass is 32.2. The molecule has 3 N–H and O–H groups in total. The zero-order valence-electron chi connectivity index (χ0n) is 13.8. The van der Waals surface area contributed by atoms with Crippen LogP contribution >= 0.6 is 0 Å². The Kier molecular flexibility index (Phi) is 5.15. The molecule has 3 rings (SSSR count). The molecule has 1 saturated carbocycles. The first-order valence-corrected chi connectivity index (χ1v) is 9.74. The Morgan fingerprint density at radius 1 is 0.962 bits per heavy atom. The Morgan fingerprint density at radius 2 is 1.65 bits per heavy atom. The van der Waals surface area contributed by atoms with E-state index in [2.05, 4.69) is 4.72 Å². The van der Waals surface area contributed by atoms with Crippen LogP contribution in [0.5, 0.6) is 11.5 Å². The number of hydrogen-bond donors (Lipinski definition) is 3. The lowest BCUT2D eigenvalue weighted by atomic mass is 9.81. The number of hydrogen-bond acceptors (Lipinski definition) is 4. The average Bonchev–Trinajstić information content (AvgIpc) is 2.58. The zero-order chi connectivity index (χ0) is 18.9. The average molecular weight is 383 g/mol. The van der Waals surface area contributed by atoms with Gasteiger partial charge in [-0.25, -0.2) is 21.9 Å². The van der Waals surface area contributed by atoms with Gasteiger partial charge in [-0.3, -0.25) is 0 Å². The summed E-state index contributed by atoms with van der Waals surface area (Å²) in [7, 11) is -4.16. The van der Waals surface area contributed by atoms with Crippen molar-refractivity contribution < 1.29 is 27.4 Å². The standard InChI is InChI=1S/C18H19F2NO4S/c19-12-3-8-16(20)18(9-12)26(24,25)21-13-4-1-11(2-5-13)15-7-6-14(22)10-17(15)23/h3,6-11,13,21-23H,1-2,4-5H2/t11-,13+. The second kappa shape index (κ2) is 7.20. The van der Waals surface area contributed by atoms with Crippen LogP contribution in [0, 0.1) is 11.6 Å². The van der Waals surface area contributed by atoms with Gasteiger partial charge in [0.2, 0.25) is 10.0 Å². The fraction of sp³-hybridized carbons (Fsp3) is 0.333. The summed E-state index contributed by atoms with van der Waals surface area (Å²) in [6.45, 7) is 0. The first-order valence-electron chi connectivity index (χ1n) is 8.25. The smallest absolute Gasteiger partial charge is 0.243 e. The SMILES string of the molecule is O=S(=O)(N[C@H]1CC[C@@H](c2ccc(O)cc2O)CC1)c1cc(F)ccc1F. The lowest BCUT2D eigenvalue weighted by molar-refractivity contribution is 0.362. The van der Waals surface area contributed by atoms with Crippen LogP contribution in [0.1, 0.15) is 37.2 Å². The molecule has 0 radical (unpaired) electrons. The van der Waals surface area contributed by atoms with Gasteiger partial charge in [0, 0.05) is 12.1 Å². The van der Waals surface area contributed by atoms with Crippen LogP contribution in [0.4, 0.5) is 8.78 Å². The van der Waals surface area contributed by atoms with Crippen molar-refractivity contribution in [2.75, 3.05) is 0 Å². The monoisotopic (exact) mass is 383 g/mol. The largest absolute Gasteiger partial charge is 0.508 e. The van der Waals surface area contributed by atoms with Gasteiger partial charge in [-0.2, -0.15) is 0 Å². The quantitative estimate of drug-likeness (QED) is 0.755. The topological polar surface area (TPSA) is 86.6 Å². The molecule has 0 saturated heterocycles. The van der Waals surface area contributed by atoms with E-state index < -0.39 is 32.6 Å². The molecular weight excluding hydrogens is 364 g/mol. The number of aromatic hydroxyl groups is 2. The van der Waals surface area contributed by atoms with E-state index in [9.17, 15) is 27.4 Å². The molecular formula is C18H19F2NO4S. The van der Waals surface area contributed by atoms with Crippen molar-refractivity contribution in [1.29, 1.82) is 0 Å². The van der Waals surface area contributed by atoms with E-state index in [-0.39, 0.29) is 17.4 Å². The second-order valence-corrected chi connectivity index (χ2v) is 8.17. The Balaban J connectivity index is 1.67. The molecule has 0 bridgehead atoms. The van der Waals surface area contributed by atoms with Crippen LogP contribution in [0.15, 0.2) is 41.3 Å². The third-order valence-corrected chi connectivity index (χ3v) is 6.22. The molecule has 8 heteroatoms. The molecule has 0 heterocycles. The van der Waals surface area contributed by atoms with Crippen molar-refractivity contribution >= 4 is 10.0 Å². The van der Waals surface area contributed by atoms with Gasteiger partial charge in [-0.15, -0.1) is 0 Å². The molecule has 0 spiro atoms. The fourth-order valence-electron chi connectivity index (χ4n) is 3.37. The molecule has 5 nitrogen and oxygen atoms in total. The molecule has 0 atom stereocenters. The highest BCUT2D eigenvalue weighted by Crippen LogP contribution is 2.38. The lowest BCUT2D eigenvalue weighted by Crippen LogP contribution is -2.37. The summed E-state index contributed by atoms with van der Waals surface area (Å²) in [5, 5.41) is 19.3. The van der Waals surface area contributed by atoms with Gasteiger partial charge in [0.1, 0.15) is 28.0 Å². The van der Waals surface area contributed by atoms with E-state index in [0.29, 0.717) is 37.3 Å². The number of halogens is 2. The van der Waals surface area contributed by atoms with Crippen molar-refractivity contribution in [2.24, 2.45) is 0 Å². The number of sulfonamides is 1. The van der Waals surface area contributed by atoms with E-state index >= 15 is 0 Å². The molecule has 1 aliphatic carbocycles. The normalized spacial score (nSPS) is 20.8.